The molecule has 0 amide bonds. The lowest BCUT2D eigenvalue weighted by Crippen LogP contribution is -2.46. The van der Waals surface area contributed by atoms with Crippen molar-refractivity contribution < 1.29 is 13.3 Å². The first-order valence-electron chi connectivity index (χ1n) is 8.21. The van der Waals surface area contributed by atoms with Gasteiger partial charge in [0.2, 0.25) is 10.0 Å². The SMILES string of the molecule is C[C@@H]1CCCN([C@H](C)CNS(=O)(=O)Cc2ccc([N+](=O)[O-])cc2)C1. The van der Waals surface area contributed by atoms with E-state index in [-0.39, 0.29) is 17.5 Å². The van der Waals surface area contributed by atoms with Crippen LogP contribution in [0.4, 0.5) is 5.69 Å². The molecular weight excluding hydrogens is 330 g/mol. The lowest BCUT2D eigenvalue weighted by atomic mass is 9.99. The summed E-state index contributed by atoms with van der Waals surface area (Å²) in [6.45, 7) is 6.65. The molecule has 134 valence electrons. The number of likely N-dealkylation sites (tertiary alicyclic amines) is 1. The van der Waals surface area contributed by atoms with E-state index < -0.39 is 14.9 Å². The zero-order valence-corrected chi connectivity index (χ0v) is 15.0. The maximum atomic E-state index is 12.2. The molecule has 2 rings (SSSR count). The summed E-state index contributed by atoms with van der Waals surface area (Å²) in [4.78, 5) is 12.4. The normalized spacial score (nSPS) is 20.7. The Morgan fingerprint density at radius 3 is 2.62 bits per heavy atom. The van der Waals surface area contributed by atoms with Gasteiger partial charge in [-0.05, 0) is 37.8 Å². The van der Waals surface area contributed by atoms with Crippen molar-refractivity contribution in [1.82, 2.24) is 9.62 Å². The van der Waals surface area contributed by atoms with Crippen molar-refractivity contribution in [2.24, 2.45) is 5.92 Å². The average molecular weight is 355 g/mol. The number of benzene rings is 1. The Bertz CT molecular complexity index is 660. The maximum absolute atomic E-state index is 12.2. The summed E-state index contributed by atoms with van der Waals surface area (Å²) in [5.74, 6) is 0.478. The third kappa shape index (κ3) is 5.54. The second-order valence-corrected chi connectivity index (χ2v) is 8.43. The first-order chi connectivity index (χ1) is 11.3. The summed E-state index contributed by atoms with van der Waals surface area (Å²) >= 11 is 0. The van der Waals surface area contributed by atoms with E-state index in [2.05, 4.69) is 16.5 Å². The third-order valence-corrected chi connectivity index (χ3v) is 5.73. The molecule has 1 N–H and O–H groups in total. The predicted octanol–water partition coefficient (Wildman–Crippen LogP) is 2.13. The minimum atomic E-state index is -3.46. The highest BCUT2D eigenvalue weighted by molar-refractivity contribution is 7.88. The molecule has 0 spiro atoms. The van der Waals surface area contributed by atoms with Crippen molar-refractivity contribution in [3.8, 4) is 0 Å². The van der Waals surface area contributed by atoms with Gasteiger partial charge in [-0.15, -0.1) is 0 Å². The Kier molecular flexibility index (Phi) is 6.31. The van der Waals surface area contributed by atoms with Gasteiger partial charge in [0.05, 0.1) is 10.7 Å². The molecule has 1 aromatic carbocycles. The Labute approximate surface area is 143 Å². The third-order valence-electron chi connectivity index (χ3n) is 4.41. The van der Waals surface area contributed by atoms with E-state index in [0.717, 1.165) is 19.5 Å². The molecule has 8 heteroatoms. The minimum Gasteiger partial charge on any atom is -0.299 e. The number of hydrogen-bond donors (Lipinski definition) is 1. The average Bonchev–Trinajstić information content (AvgIpc) is 2.53. The van der Waals surface area contributed by atoms with Crippen molar-refractivity contribution in [3.05, 3.63) is 39.9 Å². The molecule has 0 unspecified atom stereocenters. The van der Waals surface area contributed by atoms with Crippen molar-refractivity contribution in [2.45, 2.75) is 38.5 Å². The molecule has 1 fully saturated rings. The zero-order chi connectivity index (χ0) is 17.7. The first kappa shape index (κ1) is 18.8. The van der Waals surface area contributed by atoms with Gasteiger partial charge < -0.3 is 0 Å². The maximum Gasteiger partial charge on any atom is 0.269 e. The van der Waals surface area contributed by atoms with Crippen LogP contribution in [-0.2, 0) is 15.8 Å². The second kappa shape index (κ2) is 8.04. The van der Waals surface area contributed by atoms with Gasteiger partial charge >= 0.3 is 0 Å². The van der Waals surface area contributed by atoms with Gasteiger partial charge in [-0.2, -0.15) is 0 Å². The molecule has 0 saturated carbocycles. The topological polar surface area (TPSA) is 92.6 Å². The van der Waals surface area contributed by atoms with Crippen LogP contribution in [0.2, 0.25) is 0 Å². The highest BCUT2D eigenvalue weighted by Gasteiger charge is 2.22. The number of piperidine rings is 1. The van der Waals surface area contributed by atoms with Crippen molar-refractivity contribution in [3.63, 3.8) is 0 Å². The summed E-state index contributed by atoms with van der Waals surface area (Å²) in [6, 6.07) is 5.75. The van der Waals surface area contributed by atoms with Gasteiger partial charge in [0, 0.05) is 31.3 Å². The minimum absolute atomic E-state index is 0.0445. The molecule has 1 aliphatic heterocycles. The Hall–Kier alpha value is -1.51. The number of rotatable bonds is 7. The number of nitrogens with zero attached hydrogens (tertiary/aromatic N) is 2. The molecule has 0 aliphatic carbocycles. The van der Waals surface area contributed by atoms with Crippen molar-refractivity contribution in [2.75, 3.05) is 19.6 Å². The second-order valence-electron chi connectivity index (χ2n) is 6.62. The fourth-order valence-corrected chi connectivity index (χ4v) is 4.22. The number of sulfonamides is 1. The molecule has 1 heterocycles. The van der Waals surface area contributed by atoms with E-state index in [1.165, 1.54) is 30.7 Å². The van der Waals surface area contributed by atoms with Crippen molar-refractivity contribution >= 4 is 15.7 Å². The van der Waals surface area contributed by atoms with Gasteiger partial charge in [-0.3, -0.25) is 15.0 Å². The van der Waals surface area contributed by atoms with Crippen LogP contribution in [-0.4, -0.2) is 43.9 Å². The molecule has 1 saturated heterocycles. The molecule has 0 bridgehead atoms. The van der Waals surface area contributed by atoms with Crippen LogP contribution in [0.25, 0.3) is 0 Å². The van der Waals surface area contributed by atoms with Crippen LogP contribution in [0.5, 0.6) is 0 Å². The van der Waals surface area contributed by atoms with Crippen LogP contribution in [0.15, 0.2) is 24.3 Å². The van der Waals surface area contributed by atoms with Gasteiger partial charge in [0.1, 0.15) is 0 Å². The molecule has 24 heavy (non-hydrogen) atoms. The van der Waals surface area contributed by atoms with E-state index >= 15 is 0 Å². The molecule has 1 aliphatic rings. The fourth-order valence-electron chi connectivity index (χ4n) is 2.99. The smallest absolute Gasteiger partial charge is 0.269 e. The Morgan fingerprint density at radius 2 is 2.04 bits per heavy atom. The summed E-state index contributed by atoms with van der Waals surface area (Å²) in [7, 11) is -3.46. The van der Waals surface area contributed by atoms with E-state index in [9.17, 15) is 18.5 Å². The number of nitro groups is 1. The summed E-state index contributed by atoms with van der Waals surface area (Å²) in [6.07, 6.45) is 2.39. The molecular formula is C16H25N3O4S. The van der Waals surface area contributed by atoms with Gasteiger partial charge in [0.15, 0.2) is 0 Å². The van der Waals surface area contributed by atoms with Crippen molar-refractivity contribution in [1.29, 1.82) is 0 Å². The first-order valence-corrected chi connectivity index (χ1v) is 9.87. The fraction of sp³-hybridized carbons (Fsp3) is 0.625. The van der Waals surface area contributed by atoms with Gasteiger partial charge in [-0.1, -0.05) is 19.1 Å². The standard InChI is InChI=1S/C16H25N3O4S/c1-13-4-3-9-18(11-13)14(2)10-17-24(22,23)12-15-5-7-16(8-6-15)19(20)21/h5-8,13-14,17H,3-4,9-12H2,1-2H3/t13-,14-/m1/s1. The predicted molar refractivity (Wildman–Crippen MR) is 93.2 cm³/mol. The summed E-state index contributed by atoms with van der Waals surface area (Å²) in [5, 5.41) is 10.6. The van der Waals surface area contributed by atoms with E-state index in [1.54, 1.807) is 0 Å². The van der Waals surface area contributed by atoms with Crippen LogP contribution in [0, 0.1) is 16.0 Å². The van der Waals surface area contributed by atoms with E-state index in [4.69, 9.17) is 0 Å². The zero-order valence-electron chi connectivity index (χ0n) is 14.1. The summed E-state index contributed by atoms with van der Waals surface area (Å²) in [5.41, 5.74) is 0.490. The van der Waals surface area contributed by atoms with Crippen LogP contribution >= 0.6 is 0 Å². The highest BCUT2D eigenvalue weighted by Crippen LogP contribution is 2.18. The van der Waals surface area contributed by atoms with E-state index in [0.29, 0.717) is 18.0 Å². The van der Waals surface area contributed by atoms with Gasteiger partial charge in [0.25, 0.3) is 5.69 Å². The molecule has 0 aromatic heterocycles. The molecule has 0 radical (unpaired) electrons. The number of hydrogen-bond acceptors (Lipinski definition) is 5. The number of nitrogens with one attached hydrogen (secondary N) is 1. The molecule has 7 nitrogen and oxygen atoms in total. The monoisotopic (exact) mass is 355 g/mol. The van der Waals surface area contributed by atoms with Crippen LogP contribution in [0.1, 0.15) is 32.3 Å². The lowest BCUT2D eigenvalue weighted by Gasteiger charge is -2.35. The largest absolute Gasteiger partial charge is 0.299 e. The molecule has 1 aromatic rings. The Morgan fingerprint density at radius 1 is 1.38 bits per heavy atom. The van der Waals surface area contributed by atoms with Gasteiger partial charge in [-0.25, -0.2) is 13.1 Å². The number of nitro benzene ring substituents is 1. The number of non-ortho nitro benzene ring substituents is 1. The lowest BCUT2D eigenvalue weighted by molar-refractivity contribution is -0.384. The summed E-state index contributed by atoms with van der Waals surface area (Å²) < 4.78 is 27.1. The van der Waals surface area contributed by atoms with E-state index in [1.807, 2.05) is 6.92 Å². The molecule has 2 atom stereocenters. The van der Waals surface area contributed by atoms with Crippen LogP contribution in [0.3, 0.4) is 0 Å². The quantitative estimate of drug-likeness (QED) is 0.597. The highest BCUT2D eigenvalue weighted by atomic mass is 32.2. The van der Waals surface area contributed by atoms with Crippen LogP contribution < -0.4 is 4.72 Å². The Balaban J connectivity index is 1.87.